The Hall–Kier alpha value is -0.840. The molecule has 2 rings (SSSR count). The van der Waals surface area contributed by atoms with E-state index < -0.39 is 0 Å². The lowest BCUT2D eigenvalue weighted by Crippen LogP contribution is -2.12. The number of rotatable bonds is 2. The van der Waals surface area contributed by atoms with Crippen molar-refractivity contribution >= 4 is 55.1 Å². The molecular formula is C15H12Br2ClNO. The highest BCUT2D eigenvalue weighted by molar-refractivity contribution is 9.10. The van der Waals surface area contributed by atoms with Crippen molar-refractivity contribution in [1.29, 1.82) is 0 Å². The minimum absolute atomic E-state index is 0.166. The van der Waals surface area contributed by atoms with Gasteiger partial charge in [0.2, 0.25) is 0 Å². The highest BCUT2D eigenvalue weighted by Crippen LogP contribution is 2.29. The van der Waals surface area contributed by atoms with Gasteiger partial charge in [-0.05, 0) is 71.2 Å². The van der Waals surface area contributed by atoms with Crippen LogP contribution in [0.2, 0.25) is 5.02 Å². The number of hydrogen-bond acceptors (Lipinski definition) is 1. The third kappa shape index (κ3) is 3.43. The van der Waals surface area contributed by atoms with Crippen LogP contribution in [-0.4, -0.2) is 5.91 Å². The van der Waals surface area contributed by atoms with Crippen LogP contribution < -0.4 is 5.32 Å². The second kappa shape index (κ2) is 6.29. The molecule has 2 aromatic carbocycles. The number of amides is 1. The summed E-state index contributed by atoms with van der Waals surface area (Å²) in [5.41, 5.74) is 3.23. The Morgan fingerprint density at radius 2 is 1.75 bits per heavy atom. The topological polar surface area (TPSA) is 29.1 Å². The number of carbonyl (C=O) groups is 1. The first kappa shape index (κ1) is 15.5. The molecule has 2 aromatic rings. The van der Waals surface area contributed by atoms with Crippen molar-refractivity contribution < 1.29 is 4.79 Å². The largest absolute Gasteiger partial charge is 0.321 e. The van der Waals surface area contributed by atoms with Crippen LogP contribution in [0.4, 0.5) is 5.69 Å². The Morgan fingerprint density at radius 1 is 1.05 bits per heavy atom. The molecule has 0 unspecified atom stereocenters. The molecule has 0 aliphatic heterocycles. The van der Waals surface area contributed by atoms with E-state index >= 15 is 0 Å². The minimum Gasteiger partial charge on any atom is -0.321 e. The first-order chi connectivity index (χ1) is 9.38. The maximum atomic E-state index is 12.2. The summed E-state index contributed by atoms with van der Waals surface area (Å²) in [6.45, 7) is 3.86. The monoisotopic (exact) mass is 415 g/mol. The molecule has 1 amide bonds. The molecule has 0 fully saturated rings. The second-order valence-corrected chi connectivity index (χ2v) is 6.62. The van der Waals surface area contributed by atoms with Gasteiger partial charge in [0.25, 0.3) is 5.91 Å². The zero-order valence-corrected chi connectivity index (χ0v) is 14.9. The van der Waals surface area contributed by atoms with Gasteiger partial charge in [-0.2, -0.15) is 0 Å². The van der Waals surface area contributed by atoms with Crippen LogP contribution in [0.25, 0.3) is 0 Å². The minimum atomic E-state index is -0.166. The third-order valence-electron chi connectivity index (χ3n) is 2.92. The summed E-state index contributed by atoms with van der Waals surface area (Å²) in [7, 11) is 0. The van der Waals surface area contributed by atoms with E-state index in [1.165, 1.54) is 0 Å². The van der Waals surface area contributed by atoms with Gasteiger partial charge in [0.1, 0.15) is 0 Å². The van der Waals surface area contributed by atoms with E-state index in [1.807, 2.05) is 32.0 Å². The van der Waals surface area contributed by atoms with E-state index in [-0.39, 0.29) is 5.91 Å². The number of carbonyl (C=O) groups excluding carboxylic acids is 1. The molecule has 104 valence electrons. The Morgan fingerprint density at radius 3 is 2.40 bits per heavy atom. The lowest BCUT2D eigenvalue weighted by Gasteiger charge is -2.10. The summed E-state index contributed by atoms with van der Waals surface area (Å²) in [5, 5.41) is 3.48. The van der Waals surface area contributed by atoms with Gasteiger partial charge in [0.15, 0.2) is 0 Å². The van der Waals surface area contributed by atoms with Gasteiger partial charge in [-0.15, -0.1) is 0 Å². The van der Waals surface area contributed by atoms with Crippen LogP contribution in [-0.2, 0) is 0 Å². The van der Waals surface area contributed by atoms with Gasteiger partial charge in [0.05, 0.1) is 5.69 Å². The molecule has 2 nitrogen and oxygen atoms in total. The molecule has 0 bridgehead atoms. The predicted molar refractivity (Wildman–Crippen MR) is 90.7 cm³/mol. The van der Waals surface area contributed by atoms with E-state index in [0.29, 0.717) is 16.3 Å². The molecule has 0 spiro atoms. The number of hydrogen-bond donors (Lipinski definition) is 1. The van der Waals surface area contributed by atoms with E-state index in [9.17, 15) is 4.79 Å². The van der Waals surface area contributed by atoms with Crippen molar-refractivity contribution in [3.63, 3.8) is 0 Å². The first-order valence-corrected chi connectivity index (χ1v) is 7.88. The molecule has 0 aliphatic carbocycles. The molecule has 0 saturated carbocycles. The lowest BCUT2D eigenvalue weighted by molar-refractivity contribution is 0.102. The predicted octanol–water partition coefficient (Wildman–Crippen LogP) is 5.73. The standard InChI is InChI=1S/C15H12Br2ClNO/c1-8-5-10(3-4-11(8)16)15(20)19-14-7-13(18)9(2)6-12(14)17/h3-7H,1-2H3,(H,19,20). The molecule has 0 radical (unpaired) electrons. The van der Waals surface area contributed by atoms with Crippen molar-refractivity contribution in [2.45, 2.75) is 13.8 Å². The summed E-state index contributed by atoms with van der Waals surface area (Å²) < 4.78 is 1.79. The van der Waals surface area contributed by atoms with Gasteiger partial charge in [-0.25, -0.2) is 0 Å². The molecule has 0 aliphatic rings. The molecule has 1 N–H and O–H groups in total. The highest BCUT2D eigenvalue weighted by atomic mass is 79.9. The second-order valence-electron chi connectivity index (χ2n) is 4.50. The Bertz CT molecular complexity index is 686. The molecular weight excluding hydrogens is 405 g/mol. The van der Waals surface area contributed by atoms with Gasteiger partial charge in [0, 0.05) is 19.5 Å². The van der Waals surface area contributed by atoms with Crippen LogP contribution in [0.3, 0.4) is 0 Å². The molecule has 0 saturated heterocycles. The van der Waals surface area contributed by atoms with Crippen LogP contribution in [0.1, 0.15) is 21.5 Å². The molecule has 20 heavy (non-hydrogen) atoms. The molecule has 0 atom stereocenters. The Balaban J connectivity index is 2.27. The van der Waals surface area contributed by atoms with E-state index in [1.54, 1.807) is 12.1 Å². The summed E-state index contributed by atoms with van der Waals surface area (Å²) in [5.74, 6) is -0.166. The van der Waals surface area contributed by atoms with Crippen molar-refractivity contribution in [2.75, 3.05) is 5.32 Å². The van der Waals surface area contributed by atoms with Crippen molar-refractivity contribution in [1.82, 2.24) is 0 Å². The number of aryl methyl sites for hydroxylation is 2. The molecule has 5 heteroatoms. The highest BCUT2D eigenvalue weighted by Gasteiger charge is 2.11. The average Bonchev–Trinajstić information content (AvgIpc) is 2.39. The van der Waals surface area contributed by atoms with Crippen LogP contribution in [0.5, 0.6) is 0 Å². The smallest absolute Gasteiger partial charge is 0.255 e. The zero-order valence-electron chi connectivity index (χ0n) is 10.9. The summed E-state index contributed by atoms with van der Waals surface area (Å²) in [4.78, 5) is 12.2. The van der Waals surface area contributed by atoms with E-state index in [2.05, 4.69) is 37.2 Å². The normalized spacial score (nSPS) is 10.4. The SMILES string of the molecule is Cc1cc(Br)c(NC(=O)c2ccc(Br)c(C)c2)cc1Cl. The number of benzene rings is 2. The van der Waals surface area contributed by atoms with Crippen molar-refractivity contribution in [3.05, 3.63) is 61.0 Å². The van der Waals surface area contributed by atoms with Crippen LogP contribution in [0.15, 0.2) is 39.3 Å². The van der Waals surface area contributed by atoms with E-state index in [4.69, 9.17) is 11.6 Å². The third-order valence-corrected chi connectivity index (χ3v) is 4.87. The quantitative estimate of drug-likeness (QED) is 0.664. The number of anilines is 1. The maximum Gasteiger partial charge on any atom is 0.255 e. The fourth-order valence-electron chi connectivity index (χ4n) is 1.72. The summed E-state index contributed by atoms with van der Waals surface area (Å²) >= 11 is 12.9. The van der Waals surface area contributed by atoms with Crippen LogP contribution in [0, 0.1) is 13.8 Å². The maximum absolute atomic E-state index is 12.2. The van der Waals surface area contributed by atoms with Crippen molar-refractivity contribution in [2.24, 2.45) is 0 Å². The fourth-order valence-corrected chi connectivity index (χ4v) is 2.69. The fraction of sp³-hybridized carbons (Fsp3) is 0.133. The first-order valence-electron chi connectivity index (χ1n) is 5.91. The van der Waals surface area contributed by atoms with Crippen molar-refractivity contribution in [3.8, 4) is 0 Å². The van der Waals surface area contributed by atoms with Gasteiger partial charge in [-0.1, -0.05) is 27.5 Å². The van der Waals surface area contributed by atoms with Gasteiger partial charge >= 0.3 is 0 Å². The number of halogens is 3. The summed E-state index contributed by atoms with van der Waals surface area (Å²) in [6.07, 6.45) is 0. The number of nitrogens with one attached hydrogen (secondary N) is 1. The van der Waals surface area contributed by atoms with Crippen LogP contribution >= 0.6 is 43.5 Å². The summed E-state index contributed by atoms with van der Waals surface area (Å²) in [6, 6.07) is 9.09. The van der Waals surface area contributed by atoms with Gasteiger partial charge < -0.3 is 5.32 Å². The van der Waals surface area contributed by atoms with E-state index in [0.717, 1.165) is 20.1 Å². The molecule has 0 heterocycles. The molecule has 0 aromatic heterocycles. The van der Waals surface area contributed by atoms with Gasteiger partial charge in [-0.3, -0.25) is 4.79 Å². The lowest BCUT2D eigenvalue weighted by atomic mass is 10.1. The average molecular weight is 418 g/mol. The zero-order chi connectivity index (χ0) is 14.9. The Kier molecular flexibility index (Phi) is 4.89. The Labute approximate surface area is 139 Å².